The van der Waals surface area contributed by atoms with Gasteiger partial charge in [-0.3, -0.25) is 4.57 Å². The molecule has 1 aliphatic rings. The summed E-state index contributed by atoms with van der Waals surface area (Å²) in [6, 6.07) is 89.0. The van der Waals surface area contributed by atoms with Crippen LogP contribution >= 0.6 is 0 Å². The van der Waals surface area contributed by atoms with Gasteiger partial charge in [-0.25, -0.2) is 4.98 Å². The maximum Gasteiger partial charge on any atom is 0.238 e. The number of rotatable bonds is 8. The molecular weight excluding hydrogens is 837 g/mol. The van der Waals surface area contributed by atoms with Gasteiger partial charge in [-0.15, -0.1) is 0 Å². The van der Waals surface area contributed by atoms with E-state index in [9.17, 15) is 0 Å². The summed E-state index contributed by atoms with van der Waals surface area (Å²) in [5, 5.41) is 2.26. The Morgan fingerprint density at radius 3 is 1.29 bits per heavy atom. The van der Waals surface area contributed by atoms with Gasteiger partial charge >= 0.3 is 0 Å². The Morgan fingerprint density at radius 1 is 0.304 bits per heavy atom. The van der Waals surface area contributed by atoms with Gasteiger partial charge in [0.05, 0.1) is 11.0 Å². The van der Waals surface area contributed by atoms with Crippen molar-refractivity contribution in [2.75, 3.05) is 0 Å². The van der Waals surface area contributed by atoms with Crippen LogP contribution in [0.2, 0.25) is 0 Å². The van der Waals surface area contributed by atoms with E-state index in [2.05, 4.69) is 242 Å². The largest absolute Gasteiger partial charge is 0.277 e. The molecule has 0 saturated heterocycles. The van der Waals surface area contributed by atoms with Crippen molar-refractivity contribution in [1.82, 2.24) is 19.5 Å². The minimum atomic E-state index is -0.406. The van der Waals surface area contributed by atoms with E-state index >= 15 is 0 Å². The average molecular weight is 881 g/mol. The van der Waals surface area contributed by atoms with Crippen LogP contribution in [0.25, 0.3) is 106 Å². The van der Waals surface area contributed by atoms with Crippen molar-refractivity contribution in [2.24, 2.45) is 0 Å². The number of hydrogen-bond acceptors (Lipinski definition) is 3. The van der Waals surface area contributed by atoms with Crippen LogP contribution in [0.15, 0.2) is 249 Å². The lowest BCUT2D eigenvalue weighted by Crippen LogP contribution is -2.23. The molecule has 0 saturated carbocycles. The molecule has 0 radical (unpaired) electrons. The molecule has 0 unspecified atom stereocenters. The molecule has 324 valence electrons. The summed E-state index contributed by atoms with van der Waals surface area (Å²) in [5.41, 5.74) is 19.0. The summed E-state index contributed by atoms with van der Waals surface area (Å²) in [6.45, 7) is 2.39. The van der Waals surface area contributed by atoms with E-state index in [0.29, 0.717) is 17.6 Å². The highest BCUT2D eigenvalue weighted by Crippen LogP contribution is 2.54. The standard InChI is InChI=1S/C65H44N4/c1-65(57-35-15-11-29-51(57)52-30-12-16-36-58(52)65)59-37-17-13-31-53(59)55-33-20-34-56-54-32-14-18-38-60(54)69(61(55)56)64-67-62(45-25-9-4-10-26-45)66-63(68-64)47-28-19-27-46(39-47)50-41-48(43-21-5-2-6-22-43)40-49(42-50)44-23-7-3-8-24-44/h2-42H,1H3. The topological polar surface area (TPSA) is 43.6 Å². The first-order valence-corrected chi connectivity index (χ1v) is 23.6. The maximum atomic E-state index is 5.49. The fourth-order valence-corrected chi connectivity index (χ4v) is 10.9. The molecule has 0 N–H and O–H groups in total. The van der Waals surface area contributed by atoms with Crippen LogP contribution in [-0.2, 0) is 5.41 Å². The number of fused-ring (bicyclic) bond motifs is 6. The molecule has 0 atom stereocenters. The predicted molar refractivity (Wildman–Crippen MR) is 284 cm³/mol. The van der Waals surface area contributed by atoms with Gasteiger partial charge in [0, 0.05) is 32.9 Å². The molecule has 69 heavy (non-hydrogen) atoms. The Bertz CT molecular complexity index is 3810. The Hall–Kier alpha value is -8.99. The number of benzene rings is 10. The highest BCUT2D eigenvalue weighted by atomic mass is 15.2. The van der Waals surface area contributed by atoms with Crippen molar-refractivity contribution in [3.63, 3.8) is 0 Å². The lowest BCUT2D eigenvalue weighted by molar-refractivity contribution is 0.716. The molecule has 4 nitrogen and oxygen atoms in total. The second-order valence-corrected chi connectivity index (χ2v) is 18.1. The highest BCUT2D eigenvalue weighted by molar-refractivity contribution is 6.14. The van der Waals surface area contributed by atoms with Crippen LogP contribution < -0.4 is 0 Å². The molecule has 1 aliphatic carbocycles. The molecule has 0 fully saturated rings. The fourth-order valence-electron chi connectivity index (χ4n) is 10.9. The van der Waals surface area contributed by atoms with Gasteiger partial charge in [0.2, 0.25) is 5.95 Å². The summed E-state index contributed by atoms with van der Waals surface area (Å²) in [5.74, 6) is 1.76. The minimum absolute atomic E-state index is 0.406. The van der Waals surface area contributed by atoms with E-state index in [1.807, 2.05) is 18.2 Å². The maximum absolute atomic E-state index is 5.49. The van der Waals surface area contributed by atoms with Gasteiger partial charge in [0.25, 0.3) is 0 Å². The van der Waals surface area contributed by atoms with Crippen molar-refractivity contribution in [1.29, 1.82) is 0 Å². The van der Waals surface area contributed by atoms with Crippen LogP contribution in [0.1, 0.15) is 23.6 Å². The van der Waals surface area contributed by atoms with Gasteiger partial charge < -0.3 is 0 Å². The van der Waals surface area contributed by atoms with E-state index in [-0.39, 0.29) is 0 Å². The SMILES string of the molecule is CC1(c2ccccc2-c2cccc3c4ccccc4n(-c4nc(-c5ccccc5)nc(-c5cccc(-c6cc(-c7ccccc7)cc(-c7ccccc7)c6)c5)n4)c23)c2ccccc2-c2ccccc21. The molecule has 0 spiro atoms. The molecule has 0 bridgehead atoms. The summed E-state index contributed by atoms with van der Waals surface area (Å²) in [6.07, 6.45) is 0. The lowest BCUT2D eigenvalue weighted by atomic mass is 9.71. The molecule has 2 aromatic heterocycles. The zero-order valence-corrected chi connectivity index (χ0v) is 38.0. The molecule has 2 heterocycles. The van der Waals surface area contributed by atoms with Gasteiger partial charge in [-0.1, -0.05) is 218 Å². The van der Waals surface area contributed by atoms with E-state index in [1.165, 1.54) is 44.5 Å². The van der Waals surface area contributed by atoms with Crippen LogP contribution in [-0.4, -0.2) is 19.5 Å². The van der Waals surface area contributed by atoms with Crippen LogP contribution in [0.4, 0.5) is 0 Å². The smallest absolute Gasteiger partial charge is 0.238 e. The normalized spacial score (nSPS) is 12.5. The quantitative estimate of drug-likeness (QED) is 0.153. The molecule has 4 heteroatoms. The van der Waals surface area contributed by atoms with Crippen molar-refractivity contribution in [3.05, 3.63) is 265 Å². The average Bonchev–Trinajstić information content (AvgIpc) is 3.91. The van der Waals surface area contributed by atoms with Crippen LogP contribution in [0, 0.1) is 0 Å². The van der Waals surface area contributed by atoms with Gasteiger partial charge in [0.1, 0.15) is 0 Å². The summed E-state index contributed by atoms with van der Waals surface area (Å²) >= 11 is 0. The van der Waals surface area contributed by atoms with Crippen molar-refractivity contribution in [3.8, 4) is 84.4 Å². The Morgan fingerprint density at radius 2 is 0.696 bits per heavy atom. The highest BCUT2D eigenvalue weighted by Gasteiger charge is 2.42. The minimum Gasteiger partial charge on any atom is -0.277 e. The zero-order chi connectivity index (χ0) is 45.9. The molecular formula is C65H44N4. The Balaban J connectivity index is 1.03. The molecule has 0 amide bonds. The summed E-state index contributed by atoms with van der Waals surface area (Å²) in [4.78, 5) is 16.1. The number of nitrogens with zero attached hydrogens (tertiary/aromatic N) is 4. The molecule has 10 aromatic carbocycles. The summed E-state index contributed by atoms with van der Waals surface area (Å²) in [7, 11) is 0. The second kappa shape index (κ2) is 16.4. The zero-order valence-electron chi connectivity index (χ0n) is 38.0. The second-order valence-electron chi connectivity index (χ2n) is 18.1. The first-order valence-electron chi connectivity index (χ1n) is 23.6. The number of hydrogen-bond donors (Lipinski definition) is 0. The van der Waals surface area contributed by atoms with E-state index in [0.717, 1.165) is 60.8 Å². The third kappa shape index (κ3) is 6.71. The van der Waals surface area contributed by atoms with Crippen LogP contribution in [0.3, 0.4) is 0 Å². The van der Waals surface area contributed by atoms with E-state index in [4.69, 9.17) is 15.0 Å². The first kappa shape index (κ1) is 40.3. The van der Waals surface area contributed by atoms with Crippen molar-refractivity contribution < 1.29 is 0 Å². The van der Waals surface area contributed by atoms with E-state index in [1.54, 1.807) is 0 Å². The molecule has 0 aliphatic heterocycles. The fraction of sp³-hybridized carbons (Fsp3) is 0.0308. The van der Waals surface area contributed by atoms with Crippen molar-refractivity contribution in [2.45, 2.75) is 12.3 Å². The monoisotopic (exact) mass is 880 g/mol. The third-order valence-electron chi connectivity index (χ3n) is 14.1. The van der Waals surface area contributed by atoms with Gasteiger partial charge in [-0.05, 0) is 104 Å². The van der Waals surface area contributed by atoms with Gasteiger partial charge in [0.15, 0.2) is 11.6 Å². The van der Waals surface area contributed by atoms with Crippen LogP contribution in [0.5, 0.6) is 0 Å². The molecule has 12 aromatic rings. The summed E-state index contributed by atoms with van der Waals surface area (Å²) < 4.78 is 2.27. The lowest BCUT2D eigenvalue weighted by Gasteiger charge is -2.31. The third-order valence-corrected chi connectivity index (χ3v) is 14.1. The Labute approximate surface area is 401 Å². The van der Waals surface area contributed by atoms with Crippen molar-refractivity contribution >= 4 is 21.8 Å². The number of aromatic nitrogens is 4. The predicted octanol–water partition coefficient (Wildman–Crippen LogP) is 16.3. The van der Waals surface area contributed by atoms with E-state index < -0.39 is 5.41 Å². The van der Waals surface area contributed by atoms with Gasteiger partial charge in [-0.2, -0.15) is 9.97 Å². The Kier molecular flexibility index (Phi) is 9.58. The number of para-hydroxylation sites is 2. The first-order chi connectivity index (χ1) is 34.1. The molecule has 13 rings (SSSR count).